The summed E-state index contributed by atoms with van der Waals surface area (Å²) in [5, 5.41) is 2.16. The van der Waals surface area contributed by atoms with E-state index in [1.54, 1.807) is 6.07 Å². The van der Waals surface area contributed by atoms with Crippen molar-refractivity contribution in [1.82, 2.24) is 10.0 Å². The lowest BCUT2D eigenvalue weighted by atomic mass is 10.1. The maximum absolute atomic E-state index is 11.5. The highest BCUT2D eigenvalue weighted by Crippen LogP contribution is 2.16. The van der Waals surface area contributed by atoms with Gasteiger partial charge < -0.3 is 4.57 Å². The Morgan fingerprint density at radius 2 is 2.07 bits per heavy atom. The van der Waals surface area contributed by atoms with Gasteiger partial charge in [0.05, 0.1) is 7.11 Å². The van der Waals surface area contributed by atoms with Gasteiger partial charge >= 0.3 is 0 Å². The number of nitrogens with zero attached hydrogens (tertiary/aromatic N) is 1. The Labute approximate surface area is 87.4 Å². The van der Waals surface area contributed by atoms with Crippen LogP contribution in [0.2, 0.25) is 0 Å². The molecule has 1 N–H and O–H groups in total. The van der Waals surface area contributed by atoms with Gasteiger partial charge in [0.15, 0.2) is 0 Å². The minimum absolute atomic E-state index is 0.233. The summed E-state index contributed by atoms with van der Waals surface area (Å²) in [6, 6.07) is 5.53. The van der Waals surface area contributed by atoms with Crippen molar-refractivity contribution in [3.05, 3.63) is 36.2 Å². The predicted molar refractivity (Wildman–Crippen MR) is 57.4 cm³/mol. The lowest BCUT2D eigenvalue weighted by Crippen LogP contribution is -2.21. The van der Waals surface area contributed by atoms with Gasteiger partial charge in [0.1, 0.15) is 0 Å². The molecular weight excluding hydrogens is 192 g/mol. The van der Waals surface area contributed by atoms with Crippen LogP contribution in [0.3, 0.4) is 0 Å². The maximum Gasteiger partial charge on any atom is 0.274 e. The summed E-state index contributed by atoms with van der Waals surface area (Å²) < 4.78 is 1.96. The number of hydrogen-bond donors (Lipinski definition) is 1. The Morgan fingerprint density at radius 1 is 1.33 bits per heavy atom. The molecule has 0 spiro atoms. The standard InChI is InChI=1S/C11H12N2O2/c1-13-6-9-4-3-8(5-10(9)7-13)11(14)12-15-2/h3-7H,1-2H3,(H,12,14). The average molecular weight is 204 g/mol. The summed E-state index contributed by atoms with van der Waals surface area (Å²) in [6.45, 7) is 0. The molecule has 4 heteroatoms. The molecule has 2 rings (SSSR count). The zero-order valence-corrected chi connectivity index (χ0v) is 8.65. The van der Waals surface area contributed by atoms with Crippen LogP contribution in [0.15, 0.2) is 30.6 Å². The van der Waals surface area contributed by atoms with Crippen molar-refractivity contribution < 1.29 is 9.63 Å². The zero-order valence-electron chi connectivity index (χ0n) is 8.65. The van der Waals surface area contributed by atoms with Crippen molar-refractivity contribution >= 4 is 16.7 Å². The summed E-state index contributed by atoms with van der Waals surface area (Å²) >= 11 is 0. The molecule has 0 saturated heterocycles. The van der Waals surface area contributed by atoms with E-state index in [9.17, 15) is 4.79 Å². The van der Waals surface area contributed by atoms with Gasteiger partial charge in [0.25, 0.3) is 5.91 Å². The molecule has 0 aliphatic heterocycles. The number of benzene rings is 1. The molecule has 0 unspecified atom stereocenters. The number of hydrogen-bond acceptors (Lipinski definition) is 2. The number of aryl methyl sites for hydroxylation is 1. The van der Waals surface area contributed by atoms with Crippen LogP contribution < -0.4 is 5.48 Å². The minimum atomic E-state index is -0.233. The van der Waals surface area contributed by atoms with E-state index in [1.807, 2.05) is 36.1 Å². The lowest BCUT2D eigenvalue weighted by Gasteiger charge is -2.01. The first-order valence-electron chi connectivity index (χ1n) is 4.60. The molecule has 0 radical (unpaired) electrons. The second kappa shape index (κ2) is 3.74. The lowest BCUT2D eigenvalue weighted by molar-refractivity contribution is 0.0538. The van der Waals surface area contributed by atoms with Crippen LogP contribution in [0.4, 0.5) is 0 Å². The Balaban J connectivity index is 2.41. The fourth-order valence-corrected chi connectivity index (χ4v) is 1.57. The predicted octanol–water partition coefficient (Wildman–Crippen LogP) is 1.47. The number of rotatable bonds is 2. The third-order valence-electron chi connectivity index (χ3n) is 2.23. The quantitative estimate of drug-likeness (QED) is 0.753. The Hall–Kier alpha value is -1.81. The molecule has 1 aromatic heterocycles. The van der Waals surface area contributed by atoms with E-state index in [0.29, 0.717) is 5.56 Å². The SMILES string of the molecule is CONC(=O)c1ccc2cn(C)cc2c1. The Morgan fingerprint density at radius 3 is 2.80 bits per heavy atom. The first-order chi connectivity index (χ1) is 7.20. The number of carbonyl (C=O) groups is 1. The first kappa shape index (κ1) is 9.73. The first-order valence-corrected chi connectivity index (χ1v) is 4.60. The topological polar surface area (TPSA) is 43.3 Å². The van der Waals surface area contributed by atoms with Gasteiger partial charge in [-0.15, -0.1) is 0 Å². The van der Waals surface area contributed by atoms with E-state index >= 15 is 0 Å². The molecule has 0 atom stereocenters. The fraction of sp³-hybridized carbons (Fsp3) is 0.182. The van der Waals surface area contributed by atoms with Crippen LogP contribution in [0.25, 0.3) is 10.8 Å². The Bertz CT molecular complexity index is 502. The van der Waals surface area contributed by atoms with E-state index in [0.717, 1.165) is 10.8 Å². The van der Waals surface area contributed by atoms with Gasteiger partial charge in [0, 0.05) is 30.4 Å². The van der Waals surface area contributed by atoms with Crippen molar-refractivity contribution in [2.45, 2.75) is 0 Å². The molecule has 15 heavy (non-hydrogen) atoms. The van der Waals surface area contributed by atoms with Gasteiger partial charge in [-0.2, -0.15) is 0 Å². The highest BCUT2D eigenvalue weighted by Gasteiger charge is 2.06. The minimum Gasteiger partial charge on any atom is -0.356 e. The molecule has 0 fully saturated rings. The second-order valence-corrected chi connectivity index (χ2v) is 3.40. The number of hydroxylamine groups is 1. The number of carbonyl (C=O) groups excluding carboxylic acids is 1. The average Bonchev–Trinajstić information content (AvgIpc) is 2.57. The van der Waals surface area contributed by atoms with E-state index in [1.165, 1.54) is 7.11 Å². The molecular formula is C11H12N2O2. The number of fused-ring (bicyclic) bond motifs is 1. The summed E-state index contributed by atoms with van der Waals surface area (Å²) in [6.07, 6.45) is 3.98. The van der Waals surface area contributed by atoms with Crippen molar-refractivity contribution in [1.29, 1.82) is 0 Å². The molecule has 0 aliphatic carbocycles. The van der Waals surface area contributed by atoms with Gasteiger partial charge in [-0.3, -0.25) is 9.63 Å². The molecule has 1 aromatic carbocycles. The van der Waals surface area contributed by atoms with E-state index in [-0.39, 0.29) is 5.91 Å². The summed E-state index contributed by atoms with van der Waals surface area (Å²) in [5.41, 5.74) is 2.88. The van der Waals surface area contributed by atoms with Crippen LogP contribution in [-0.4, -0.2) is 17.6 Å². The van der Waals surface area contributed by atoms with Crippen molar-refractivity contribution in [3.8, 4) is 0 Å². The van der Waals surface area contributed by atoms with E-state index in [2.05, 4.69) is 10.3 Å². The van der Waals surface area contributed by atoms with Crippen LogP contribution in [-0.2, 0) is 11.9 Å². The second-order valence-electron chi connectivity index (χ2n) is 3.40. The van der Waals surface area contributed by atoms with Gasteiger partial charge in [-0.25, -0.2) is 5.48 Å². The fourth-order valence-electron chi connectivity index (χ4n) is 1.57. The van der Waals surface area contributed by atoms with Crippen molar-refractivity contribution in [3.63, 3.8) is 0 Å². The van der Waals surface area contributed by atoms with Crippen LogP contribution in [0, 0.1) is 0 Å². The monoisotopic (exact) mass is 204 g/mol. The van der Waals surface area contributed by atoms with Gasteiger partial charge in [0.2, 0.25) is 0 Å². The molecule has 2 aromatic rings. The molecule has 78 valence electrons. The molecule has 0 aliphatic rings. The summed E-state index contributed by atoms with van der Waals surface area (Å²) in [4.78, 5) is 16.0. The molecule has 1 heterocycles. The van der Waals surface area contributed by atoms with E-state index < -0.39 is 0 Å². The largest absolute Gasteiger partial charge is 0.356 e. The van der Waals surface area contributed by atoms with Gasteiger partial charge in [-0.1, -0.05) is 6.07 Å². The van der Waals surface area contributed by atoms with E-state index in [4.69, 9.17) is 0 Å². The summed E-state index contributed by atoms with van der Waals surface area (Å²) in [5.74, 6) is -0.233. The van der Waals surface area contributed by atoms with Crippen molar-refractivity contribution in [2.24, 2.45) is 7.05 Å². The smallest absolute Gasteiger partial charge is 0.274 e. The van der Waals surface area contributed by atoms with Crippen LogP contribution >= 0.6 is 0 Å². The zero-order chi connectivity index (χ0) is 10.8. The Kier molecular flexibility index (Phi) is 2.43. The number of aromatic nitrogens is 1. The molecule has 0 saturated carbocycles. The number of amides is 1. The number of nitrogens with one attached hydrogen (secondary N) is 1. The van der Waals surface area contributed by atoms with Gasteiger partial charge in [-0.05, 0) is 17.5 Å². The third kappa shape index (κ3) is 1.85. The maximum atomic E-state index is 11.5. The van der Waals surface area contributed by atoms with Crippen molar-refractivity contribution in [2.75, 3.05) is 7.11 Å². The third-order valence-corrected chi connectivity index (χ3v) is 2.23. The highest BCUT2D eigenvalue weighted by atomic mass is 16.6. The molecule has 1 amide bonds. The normalized spacial score (nSPS) is 10.5. The van der Waals surface area contributed by atoms with Crippen LogP contribution in [0.5, 0.6) is 0 Å². The summed E-state index contributed by atoms with van der Waals surface area (Å²) in [7, 11) is 3.37. The molecule has 4 nitrogen and oxygen atoms in total. The van der Waals surface area contributed by atoms with Crippen LogP contribution in [0.1, 0.15) is 10.4 Å². The highest BCUT2D eigenvalue weighted by molar-refractivity contribution is 5.98. The molecule has 0 bridgehead atoms.